The van der Waals surface area contributed by atoms with Crippen molar-refractivity contribution in [3.8, 4) is 0 Å². The molecule has 1 unspecified atom stereocenters. The standard InChI is InChI=1S/C51H92O5/c1-4-7-10-13-16-18-20-22-24-25-26-27-28-29-31-33-36-38-41-44-50(52)55-48-49(56-51(53)45-42-39-35-15-12-9-6-3)47-54-46-43-40-37-34-32-30-23-21-19-17-14-11-8-5-2/h11,14,16,18-19,21-22,24,49H,4-10,12-13,15,17,20,23,25-48H2,1-3H3/b14-11-,18-16-,21-19-,24-22-. The summed E-state index contributed by atoms with van der Waals surface area (Å²) in [7, 11) is 0. The van der Waals surface area contributed by atoms with E-state index in [1.54, 1.807) is 0 Å². The van der Waals surface area contributed by atoms with Crippen molar-refractivity contribution in [2.24, 2.45) is 0 Å². The summed E-state index contributed by atoms with van der Waals surface area (Å²) in [6.45, 7) is 7.70. The molecule has 326 valence electrons. The first-order chi connectivity index (χ1) is 27.6. The van der Waals surface area contributed by atoms with E-state index in [-0.39, 0.29) is 25.2 Å². The average molecular weight is 785 g/mol. The Hall–Kier alpha value is -2.14. The van der Waals surface area contributed by atoms with E-state index in [1.807, 2.05) is 0 Å². The quantitative estimate of drug-likeness (QED) is 0.0350. The van der Waals surface area contributed by atoms with Crippen molar-refractivity contribution < 1.29 is 23.8 Å². The van der Waals surface area contributed by atoms with Gasteiger partial charge in [-0.05, 0) is 77.0 Å². The Kier molecular flexibility index (Phi) is 45.4. The molecule has 0 aliphatic carbocycles. The summed E-state index contributed by atoms with van der Waals surface area (Å²) in [4.78, 5) is 25.2. The molecule has 0 N–H and O–H groups in total. The Morgan fingerprint density at radius 2 is 0.786 bits per heavy atom. The van der Waals surface area contributed by atoms with Crippen LogP contribution in [0, 0.1) is 0 Å². The fraction of sp³-hybridized carbons (Fsp3) is 0.804. The maximum absolute atomic E-state index is 12.6. The number of allylic oxidation sites excluding steroid dienone is 8. The van der Waals surface area contributed by atoms with Gasteiger partial charge in [0.15, 0.2) is 6.10 Å². The maximum Gasteiger partial charge on any atom is 0.306 e. The summed E-state index contributed by atoms with van der Waals surface area (Å²) in [5, 5.41) is 0. The molecule has 0 saturated carbocycles. The molecule has 0 aromatic heterocycles. The fourth-order valence-electron chi connectivity index (χ4n) is 6.69. The van der Waals surface area contributed by atoms with Crippen LogP contribution in [0.25, 0.3) is 0 Å². The van der Waals surface area contributed by atoms with Crippen molar-refractivity contribution in [2.75, 3.05) is 19.8 Å². The van der Waals surface area contributed by atoms with Crippen LogP contribution in [0.15, 0.2) is 48.6 Å². The minimum absolute atomic E-state index is 0.0804. The molecular formula is C51H92O5. The zero-order valence-electron chi connectivity index (χ0n) is 37.4. The lowest BCUT2D eigenvalue weighted by molar-refractivity contribution is -0.163. The van der Waals surface area contributed by atoms with Gasteiger partial charge >= 0.3 is 11.9 Å². The van der Waals surface area contributed by atoms with E-state index in [1.165, 1.54) is 154 Å². The molecule has 5 nitrogen and oxygen atoms in total. The summed E-state index contributed by atoms with van der Waals surface area (Å²) < 4.78 is 17.3. The van der Waals surface area contributed by atoms with Gasteiger partial charge in [-0.1, -0.05) is 198 Å². The first-order valence-corrected chi connectivity index (χ1v) is 24.2. The molecule has 0 aliphatic rings. The van der Waals surface area contributed by atoms with Crippen LogP contribution in [0.4, 0.5) is 0 Å². The van der Waals surface area contributed by atoms with Crippen molar-refractivity contribution in [3.63, 3.8) is 0 Å². The highest BCUT2D eigenvalue weighted by Gasteiger charge is 2.17. The predicted octanol–water partition coefficient (Wildman–Crippen LogP) is 16.0. The zero-order valence-corrected chi connectivity index (χ0v) is 37.4. The Morgan fingerprint density at radius 3 is 1.29 bits per heavy atom. The van der Waals surface area contributed by atoms with Crippen LogP contribution in [0.5, 0.6) is 0 Å². The first kappa shape index (κ1) is 53.9. The molecule has 0 radical (unpaired) electrons. The lowest BCUT2D eigenvalue weighted by atomic mass is 10.1. The van der Waals surface area contributed by atoms with Gasteiger partial charge in [0, 0.05) is 19.4 Å². The molecule has 5 heteroatoms. The topological polar surface area (TPSA) is 61.8 Å². The minimum Gasteiger partial charge on any atom is -0.462 e. The highest BCUT2D eigenvalue weighted by molar-refractivity contribution is 5.70. The lowest BCUT2D eigenvalue weighted by Crippen LogP contribution is -2.30. The Morgan fingerprint density at radius 1 is 0.393 bits per heavy atom. The third kappa shape index (κ3) is 44.6. The first-order valence-electron chi connectivity index (χ1n) is 24.2. The van der Waals surface area contributed by atoms with Gasteiger partial charge in [0.1, 0.15) is 6.61 Å². The van der Waals surface area contributed by atoms with E-state index in [0.29, 0.717) is 19.4 Å². The molecule has 0 bridgehead atoms. The average Bonchev–Trinajstić information content (AvgIpc) is 3.20. The van der Waals surface area contributed by atoms with Crippen LogP contribution in [-0.2, 0) is 23.8 Å². The summed E-state index contributed by atoms with van der Waals surface area (Å²) >= 11 is 0. The van der Waals surface area contributed by atoms with Gasteiger partial charge in [0.25, 0.3) is 0 Å². The van der Waals surface area contributed by atoms with Crippen LogP contribution < -0.4 is 0 Å². The number of rotatable bonds is 44. The highest BCUT2D eigenvalue weighted by atomic mass is 16.6. The number of carbonyl (C=O) groups excluding carboxylic acids is 2. The van der Waals surface area contributed by atoms with E-state index in [9.17, 15) is 9.59 Å². The van der Waals surface area contributed by atoms with Crippen LogP contribution in [0.2, 0.25) is 0 Å². The molecule has 0 saturated heterocycles. The Bertz CT molecular complexity index is 935. The molecule has 0 heterocycles. The second kappa shape index (κ2) is 47.2. The molecule has 0 amide bonds. The van der Waals surface area contributed by atoms with Gasteiger partial charge in [-0.15, -0.1) is 0 Å². The zero-order chi connectivity index (χ0) is 40.7. The Labute approximate surface area is 348 Å². The minimum atomic E-state index is -0.538. The molecular weight excluding hydrogens is 693 g/mol. The monoisotopic (exact) mass is 785 g/mol. The molecule has 0 aromatic rings. The van der Waals surface area contributed by atoms with Crippen LogP contribution in [-0.4, -0.2) is 37.9 Å². The molecule has 0 rings (SSSR count). The lowest BCUT2D eigenvalue weighted by Gasteiger charge is -2.18. The number of esters is 2. The highest BCUT2D eigenvalue weighted by Crippen LogP contribution is 2.14. The van der Waals surface area contributed by atoms with E-state index < -0.39 is 6.10 Å². The van der Waals surface area contributed by atoms with Gasteiger partial charge in [-0.3, -0.25) is 9.59 Å². The van der Waals surface area contributed by atoms with Gasteiger partial charge in [0.2, 0.25) is 0 Å². The van der Waals surface area contributed by atoms with Gasteiger partial charge in [-0.25, -0.2) is 0 Å². The smallest absolute Gasteiger partial charge is 0.306 e. The second-order valence-electron chi connectivity index (χ2n) is 16.0. The van der Waals surface area contributed by atoms with Gasteiger partial charge in [0.05, 0.1) is 6.61 Å². The van der Waals surface area contributed by atoms with E-state index in [0.717, 1.165) is 51.4 Å². The normalized spacial score (nSPS) is 12.6. The van der Waals surface area contributed by atoms with E-state index in [2.05, 4.69) is 69.4 Å². The summed E-state index contributed by atoms with van der Waals surface area (Å²) in [6.07, 6.45) is 56.9. The molecule has 56 heavy (non-hydrogen) atoms. The SMILES string of the molecule is CCC/C=C\C/C=C\CCCCCCCCOCC(COC(=O)CCCCCCCCCCC/C=C\C/C=C\CCCCC)OC(=O)CCCCCCCCC. The summed E-state index contributed by atoms with van der Waals surface area (Å²) in [5.74, 6) is -0.409. The Balaban J connectivity index is 4.12. The van der Waals surface area contributed by atoms with Crippen LogP contribution >= 0.6 is 0 Å². The summed E-state index contributed by atoms with van der Waals surface area (Å²) in [5.41, 5.74) is 0. The number of carbonyl (C=O) groups is 2. The summed E-state index contributed by atoms with van der Waals surface area (Å²) in [6, 6.07) is 0. The number of ether oxygens (including phenoxy) is 3. The molecule has 0 fully saturated rings. The van der Waals surface area contributed by atoms with E-state index in [4.69, 9.17) is 14.2 Å². The van der Waals surface area contributed by atoms with Crippen molar-refractivity contribution in [1.82, 2.24) is 0 Å². The van der Waals surface area contributed by atoms with Crippen LogP contribution in [0.1, 0.15) is 239 Å². The number of hydrogen-bond acceptors (Lipinski definition) is 5. The number of hydrogen-bond donors (Lipinski definition) is 0. The van der Waals surface area contributed by atoms with Crippen molar-refractivity contribution in [1.29, 1.82) is 0 Å². The molecule has 0 aliphatic heterocycles. The van der Waals surface area contributed by atoms with Gasteiger partial charge in [-0.2, -0.15) is 0 Å². The fourth-order valence-corrected chi connectivity index (χ4v) is 6.69. The largest absolute Gasteiger partial charge is 0.462 e. The van der Waals surface area contributed by atoms with Crippen molar-refractivity contribution >= 4 is 11.9 Å². The van der Waals surface area contributed by atoms with Gasteiger partial charge < -0.3 is 14.2 Å². The van der Waals surface area contributed by atoms with E-state index >= 15 is 0 Å². The third-order valence-corrected chi connectivity index (χ3v) is 10.3. The maximum atomic E-state index is 12.6. The molecule has 0 aromatic carbocycles. The van der Waals surface area contributed by atoms with Crippen molar-refractivity contribution in [2.45, 2.75) is 245 Å². The predicted molar refractivity (Wildman–Crippen MR) is 242 cm³/mol. The van der Waals surface area contributed by atoms with Crippen LogP contribution in [0.3, 0.4) is 0 Å². The second-order valence-corrected chi connectivity index (χ2v) is 16.0. The third-order valence-electron chi connectivity index (χ3n) is 10.3. The van der Waals surface area contributed by atoms with Crippen molar-refractivity contribution in [3.05, 3.63) is 48.6 Å². The molecule has 1 atom stereocenters. The molecule has 0 spiro atoms. The number of unbranched alkanes of at least 4 members (excludes halogenated alkanes) is 25.